The first-order valence-corrected chi connectivity index (χ1v) is 12.2. The number of rotatable bonds is 4. The van der Waals surface area contributed by atoms with E-state index in [0.717, 1.165) is 39.5 Å². The number of amides is 2. The third-order valence-corrected chi connectivity index (χ3v) is 6.89. The lowest BCUT2D eigenvalue weighted by atomic mass is 10.0. The number of aryl methyl sites for hydroxylation is 2. The van der Waals surface area contributed by atoms with Crippen molar-refractivity contribution in [3.63, 3.8) is 0 Å². The van der Waals surface area contributed by atoms with Crippen molar-refractivity contribution in [3.05, 3.63) is 99.9 Å². The summed E-state index contributed by atoms with van der Waals surface area (Å²) in [5.41, 5.74) is 8.27. The molecule has 5 rings (SSSR count). The summed E-state index contributed by atoms with van der Waals surface area (Å²) in [4.78, 5) is 33.4. The van der Waals surface area contributed by atoms with Gasteiger partial charge in [0, 0.05) is 42.5 Å². The van der Waals surface area contributed by atoms with Crippen LogP contribution in [0.5, 0.6) is 0 Å². The molecule has 1 aromatic heterocycles. The molecule has 2 N–H and O–H groups in total. The number of benzene rings is 2. The van der Waals surface area contributed by atoms with Crippen molar-refractivity contribution < 1.29 is 9.59 Å². The van der Waals surface area contributed by atoms with Crippen molar-refractivity contribution in [2.75, 3.05) is 29.1 Å². The summed E-state index contributed by atoms with van der Waals surface area (Å²) < 4.78 is 0. The van der Waals surface area contributed by atoms with E-state index >= 15 is 0 Å². The summed E-state index contributed by atoms with van der Waals surface area (Å²) in [7, 11) is 1.84. The number of pyridine rings is 1. The molecule has 0 spiro atoms. The Hall–Kier alpha value is -4.70. The van der Waals surface area contributed by atoms with E-state index in [0.29, 0.717) is 41.8 Å². The Morgan fingerprint density at radius 2 is 1.84 bits per heavy atom. The second kappa shape index (κ2) is 9.75. The van der Waals surface area contributed by atoms with Crippen LogP contribution in [0.4, 0.5) is 17.1 Å². The SMILES string of the molecule is CNc1ccc(C(=O)N2CCC3=C(CC(C(=O)Nc4c(C)cccc4C#N)=C3)c3nc(C)ccc32)cc1. The molecular formula is C30H27N5O2. The second-order valence-electron chi connectivity index (χ2n) is 9.27. The predicted molar refractivity (Wildman–Crippen MR) is 145 cm³/mol. The minimum Gasteiger partial charge on any atom is -0.388 e. The van der Waals surface area contributed by atoms with E-state index in [-0.39, 0.29) is 11.8 Å². The molecule has 1 aliphatic carbocycles. The van der Waals surface area contributed by atoms with Crippen LogP contribution in [-0.2, 0) is 4.79 Å². The third kappa shape index (κ3) is 4.50. The molecule has 0 unspecified atom stereocenters. The van der Waals surface area contributed by atoms with E-state index in [9.17, 15) is 14.9 Å². The molecular weight excluding hydrogens is 462 g/mol. The van der Waals surface area contributed by atoms with Gasteiger partial charge in [-0.1, -0.05) is 12.1 Å². The molecule has 0 saturated heterocycles. The highest BCUT2D eigenvalue weighted by Crippen LogP contribution is 2.42. The molecule has 3 aromatic rings. The Balaban J connectivity index is 1.44. The van der Waals surface area contributed by atoms with E-state index in [2.05, 4.69) is 16.7 Å². The highest BCUT2D eigenvalue weighted by atomic mass is 16.2. The topological polar surface area (TPSA) is 98.1 Å². The number of nitrogens with zero attached hydrogens (tertiary/aromatic N) is 3. The molecule has 184 valence electrons. The van der Waals surface area contributed by atoms with Crippen LogP contribution in [0.1, 0.15) is 45.7 Å². The molecule has 2 aliphatic rings. The Kier molecular flexibility index (Phi) is 6.33. The van der Waals surface area contributed by atoms with Gasteiger partial charge in [0.25, 0.3) is 11.8 Å². The number of nitriles is 1. The molecule has 0 radical (unpaired) electrons. The van der Waals surface area contributed by atoms with Gasteiger partial charge in [0.05, 0.1) is 22.6 Å². The number of aromatic nitrogens is 1. The van der Waals surface area contributed by atoms with Crippen LogP contribution in [0.2, 0.25) is 0 Å². The van der Waals surface area contributed by atoms with E-state index in [1.165, 1.54) is 0 Å². The summed E-state index contributed by atoms with van der Waals surface area (Å²) in [5.74, 6) is -0.313. The van der Waals surface area contributed by atoms with Gasteiger partial charge in [-0.15, -0.1) is 0 Å². The van der Waals surface area contributed by atoms with Crippen molar-refractivity contribution >= 4 is 34.4 Å². The number of hydrogen-bond acceptors (Lipinski definition) is 5. The maximum absolute atomic E-state index is 13.5. The van der Waals surface area contributed by atoms with Gasteiger partial charge in [0.2, 0.25) is 0 Å². The van der Waals surface area contributed by atoms with Crippen molar-refractivity contribution in [2.45, 2.75) is 26.7 Å². The molecule has 0 saturated carbocycles. The number of carbonyl (C=O) groups is 2. The smallest absolute Gasteiger partial charge is 0.258 e. The molecule has 0 fully saturated rings. The van der Waals surface area contributed by atoms with E-state index in [1.54, 1.807) is 17.0 Å². The zero-order valence-electron chi connectivity index (χ0n) is 21.1. The van der Waals surface area contributed by atoms with Gasteiger partial charge < -0.3 is 15.5 Å². The maximum Gasteiger partial charge on any atom is 0.258 e. The molecule has 7 nitrogen and oxygen atoms in total. The number of fused-ring (bicyclic) bond motifs is 2. The molecule has 37 heavy (non-hydrogen) atoms. The average Bonchev–Trinajstić information content (AvgIpc) is 3.28. The van der Waals surface area contributed by atoms with Gasteiger partial charge in [0.15, 0.2) is 0 Å². The van der Waals surface area contributed by atoms with Crippen LogP contribution in [0.15, 0.2) is 71.8 Å². The van der Waals surface area contributed by atoms with Gasteiger partial charge in [0.1, 0.15) is 6.07 Å². The van der Waals surface area contributed by atoms with Gasteiger partial charge in [-0.05, 0) is 85.5 Å². The lowest BCUT2D eigenvalue weighted by molar-refractivity contribution is -0.112. The summed E-state index contributed by atoms with van der Waals surface area (Å²) >= 11 is 0. The average molecular weight is 490 g/mol. The highest BCUT2D eigenvalue weighted by molar-refractivity contribution is 6.11. The maximum atomic E-state index is 13.5. The summed E-state index contributed by atoms with van der Waals surface area (Å²) in [5, 5.41) is 15.5. The molecule has 7 heteroatoms. The molecule has 2 aromatic carbocycles. The van der Waals surface area contributed by atoms with Gasteiger partial charge in [-0.2, -0.15) is 5.26 Å². The van der Waals surface area contributed by atoms with Crippen LogP contribution in [-0.4, -0.2) is 30.4 Å². The standard InChI is InChI=1S/C30H27N5O2/c1-18-5-4-6-22(17-31)27(18)34-29(36)23-15-21-13-14-35(30(37)20-8-10-24(32-3)11-9-20)26-12-7-19(2)33-28(26)25(21)16-23/h4-12,15,32H,13-14,16H2,1-3H3,(H,34,36). The van der Waals surface area contributed by atoms with Crippen LogP contribution >= 0.6 is 0 Å². The molecule has 1 aliphatic heterocycles. The first-order chi connectivity index (χ1) is 17.9. The fourth-order valence-corrected chi connectivity index (χ4v) is 4.87. The lowest BCUT2D eigenvalue weighted by Gasteiger charge is -2.24. The predicted octanol–water partition coefficient (Wildman–Crippen LogP) is 5.38. The van der Waals surface area contributed by atoms with Crippen molar-refractivity contribution in [3.8, 4) is 6.07 Å². The number of carbonyl (C=O) groups excluding carboxylic acids is 2. The second-order valence-corrected chi connectivity index (χ2v) is 9.27. The van der Waals surface area contributed by atoms with Gasteiger partial charge in [-0.3, -0.25) is 14.6 Å². The number of hydrogen-bond donors (Lipinski definition) is 2. The van der Waals surface area contributed by atoms with Gasteiger partial charge in [-0.25, -0.2) is 0 Å². The quantitative estimate of drug-likeness (QED) is 0.512. The fourth-order valence-electron chi connectivity index (χ4n) is 4.87. The zero-order valence-corrected chi connectivity index (χ0v) is 21.1. The Morgan fingerprint density at radius 3 is 2.57 bits per heavy atom. The lowest BCUT2D eigenvalue weighted by Crippen LogP contribution is -2.32. The highest BCUT2D eigenvalue weighted by Gasteiger charge is 2.31. The van der Waals surface area contributed by atoms with Gasteiger partial charge >= 0.3 is 0 Å². The summed E-state index contributed by atoms with van der Waals surface area (Å²) in [6, 6.07) is 18.8. The Bertz CT molecular complexity index is 1530. The van der Waals surface area contributed by atoms with Crippen LogP contribution in [0.3, 0.4) is 0 Å². The molecule has 2 amide bonds. The van der Waals surface area contributed by atoms with E-state index in [4.69, 9.17) is 4.98 Å². The first-order valence-electron chi connectivity index (χ1n) is 12.2. The van der Waals surface area contributed by atoms with E-state index < -0.39 is 0 Å². The van der Waals surface area contributed by atoms with Crippen molar-refractivity contribution in [1.82, 2.24) is 4.98 Å². The minimum absolute atomic E-state index is 0.0822. The number of anilines is 3. The molecule has 0 bridgehead atoms. The summed E-state index contributed by atoms with van der Waals surface area (Å²) in [6.07, 6.45) is 2.94. The molecule has 0 atom stereocenters. The molecule has 2 heterocycles. The number of para-hydroxylation sites is 1. The van der Waals surface area contributed by atoms with Crippen LogP contribution < -0.4 is 15.5 Å². The fraction of sp³-hybridized carbons (Fsp3) is 0.200. The van der Waals surface area contributed by atoms with Crippen molar-refractivity contribution in [2.24, 2.45) is 0 Å². The van der Waals surface area contributed by atoms with Crippen molar-refractivity contribution in [1.29, 1.82) is 5.26 Å². The minimum atomic E-state index is -0.231. The van der Waals surface area contributed by atoms with Crippen LogP contribution in [0, 0.1) is 25.2 Å². The normalized spacial score (nSPS) is 14.2. The zero-order chi connectivity index (χ0) is 26.1. The summed E-state index contributed by atoms with van der Waals surface area (Å²) in [6.45, 7) is 4.27. The first kappa shape index (κ1) is 24.0. The largest absolute Gasteiger partial charge is 0.388 e. The monoisotopic (exact) mass is 489 g/mol. The third-order valence-electron chi connectivity index (χ3n) is 6.89. The Labute approximate surface area is 216 Å². The number of allylic oxidation sites excluding steroid dienone is 2. The van der Waals surface area contributed by atoms with Crippen LogP contribution in [0.25, 0.3) is 5.57 Å². The number of nitrogens with one attached hydrogen (secondary N) is 2. The van der Waals surface area contributed by atoms with E-state index in [1.807, 2.05) is 69.4 Å². The Morgan fingerprint density at radius 1 is 1.05 bits per heavy atom.